The monoisotopic (exact) mass is 162 g/mol. The lowest BCUT2D eigenvalue weighted by Gasteiger charge is -2.00. The Morgan fingerprint density at radius 3 is 2.67 bits per heavy atom. The van der Waals surface area contributed by atoms with Gasteiger partial charge < -0.3 is 5.11 Å². The third kappa shape index (κ3) is 1.69. The van der Waals surface area contributed by atoms with Gasteiger partial charge in [-0.15, -0.1) is 0 Å². The third-order valence-electron chi connectivity index (χ3n) is 1.44. The number of hydrogen-bond acceptors (Lipinski definition) is 3. The molecule has 0 aliphatic heterocycles. The maximum Gasteiger partial charge on any atom is 0.125 e. The van der Waals surface area contributed by atoms with Crippen LogP contribution in [0.15, 0.2) is 41.1 Å². The Bertz CT molecular complexity index is 318. The molecule has 0 heterocycles. The second-order valence-electron chi connectivity index (χ2n) is 2.26. The van der Waals surface area contributed by atoms with Crippen LogP contribution >= 0.6 is 0 Å². The molecule has 0 unspecified atom stereocenters. The molecule has 1 aromatic rings. The number of aromatic hydroxyl groups is 1. The fourth-order valence-electron chi connectivity index (χ4n) is 0.892. The van der Waals surface area contributed by atoms with E-state index in [4.69, 9.17) is 0 Å². The summed E-state index contributed by atoms with van der Waals surface area (Å²) in [5.74, 6) is 0.176. The van der Waals surface area contributed by atoms with Crippen molar-refractivity contribution in [3.05, 3.63) is 36.4 Å². The molecule has 0 aromatic heterocycles. The SMILES string of the molecule is C=C(N=NC)c1ccccc1O. The van der Waals surface area contributed by atoms with Gasteiger partial charge in [0.15, 0.2) is 0 Å². The van der Waals surface area contributed by atoms with Gasteiger partial charge in [-0.3, -0.25) is 0 Å². The molecule has 0 saturated carbocycles. The number of nitrogens with zero attached hydrogens (tertiary/aromatic N) is 2. The predicted octanol–water partition coefficient (Wildman–Crippen LogP) is 2.44. The van der Waals surface area contributed by atoms with Crippen molar-refractivity contribution in [1.82, 2.24) is 0 Å². The van der Waals surface area contributed by atoms with E-state index < -0.39 is 0 Å². The molecule has 0 aliphatic rings. The van der Waals surface area contributed by atoms with Crippen molar-refractivity contribution < 1.29 is 5.11 Å². The third-order valence-corrected chi connectivity index (χ3v) is 1.44. The normalized spacial score (nSPS) is 10.4. The molecule has 1 rings (SSSR count). The van der Waals surface area contributed by atoms with Crippen LogP contribution < -0.4 is 0 Å². The van der Waals surface area contributed by atoms with Crippen LogP contribution in [-0.4, -0.2) is 12.2 Å². The lowest BCUT2D eigenvalue weighted by atomic mass is 10.1. The minimum absolute atomic E-state index is 0.176. The second kappa shape index (κ2) is 3.67. The maximum atomic E-state index is 9.35. The van der Waals surface area contributed by atoms with E-state index in [1.807, 2.05) is 6.07 Å². The van der Waals surface area contributed by atoms with Gasteiger partial charge in [0.2, 0.25) is 0 Å². The molecular formula is C9H10N2O. The molecule has 62 valence electrons. The summed E-state index contributed by atoms with van der Waals surface area (Å²) >= 11 is 0. The Morgan fingerprint density at radius 1 is 1.42 bits per heavy atom. The number of benzene rings is 1. The van der Waals surface area contributed by atoms with Crippen LogP contribution in [0.25, 0.3) is 5.70 Å². The Morgan fingerprint density at radius 2 is 2.08 bits per heavy atom. The summed E-state index contributed by atoms with van der Waals surface area (Å²) in [7, 11) is 1.56. The van der Waals surface area contributed by atoms with Gasteiger partial charge in [0, 0.05) is 12.6 Å². The first-order chi connectivity index (χ1) is 5.75. The smallest absolute Gasteiger partial charge is 0.125 e. The van der Waals surface area contributed by atoms with Crippen LogP contribution in [0.4, 0.5) is 0 Å². The standard InChI is InChI=1S/C9H10N2O/c1-7(11-10-2)8-5-3-4-6-9(8)12/h3-6,12H,1H2,2H3. The molecule has 3 nitrogen and oxygen atoms in total. The van der Waals surface area contributed by atoms with Crippen LogP contribution in [0, 0.1) is 0 Å². The highest BCUT2D eigenvalue weighted by molar-refractivity contribution is 5.66. The van der Waals surface area contributed by atoms with E-state index in [0.717, 1.165) is 0 Å². The van der Waals surface area contributed by atoms with E-state index in [-0.39, 0.29) is 5.75 Å². The van der Waals surface area contributed by atoms with Gasteiger partial charge in [-0.25, -0.2) is 0 Å². The van der Waals surface area contributed by atoms with Crippen molar-refractivity contribution in [3.63, 3.8) is 0 Å². The average molecular weight is 162 g/mol. The number of hydrogen-bond donors (Lipinski definition) is 1. The van der Waals surface area contributed by atoms with Crippen molar-refractivity contribution in [1.29, 1.82) is 0 Å². The van der Waals surface area contributed by atoms with Gasteiger partial charge in [0.05, 0.1) is 5.70 Å². The lowest BCUT2D eigenvalue weighted by molar-refractivity contribution is 0.473. The van der Waals surface area contributed by atoms with Crippen LogP contribution in [0.3, 0.4) is 0 Å². The number of phenolic OH excluding ortho intramolecular Hbond substituents is 1. The summed E-state index contributed by atoms with van der Waals surface area (Å²) in [4.78, 5) is 0. The largest absolute Gasteiger partial charge is 0.507 e. The maximum absolute atomic E-state index is 9.35. The number of para-hydroxylation sites is 1. The highest BCUT2D eigenvalue weighted by Gasteiger charge is 2.01. The Hall–Kier alpha value is -1.64. The summed E-state index contributed by atoms with van der Waals surface area (Å²) in [6.45, 7) is 3.66. The first kappa shape index (κ1) is 8.46. The molecular weight excluding hydrogens is 152 g/mol. The summed E-state index contributed by atoms with van der Waals surface area (Å²) in [5.41, 5.74) is 1.08. The minimum Gasteiger partial charge on any atom is -0.507 e. The van der Waals surface area contributed by atoms with E-state index in [0.29, 0.717) is 11.3 Å². The van der Waals surface area contributed by atoms with Gasteiger partial charge in [0.25, 0.3) is 0 Å². The van der Waals surface area contributed by atoms with Gasteiger partial charge in [-0.2, -0.15) is 10.2 Å². The Kier molecular flexibility index (Phi) is 2.58. The molecule has 1 aromatic carbocycles. The summed E-state index contributed by atoms with van der Waals surface area (Å²) in [6, 6.07) is 6.89. The van der Waals surface area contributed by atoms with Crippen LogP contribution in [0.1, 0.15) is 5.56 Å². The molecule has 0 saturated heterocycles. The average Bonchev–Trinajstić information content (AvgIpc) is 2.05. The molecule has 0 spiro atoms. The molecule has 1 N–H and O–H groups in total. The van der Waals surface area contributed by atoms with Crippen molar-refractivity contribution in [3.8, 4) is 5.75 Å². The minimum atomic E-state index is 0.176. The van der Waals surface area contributed by atoms with Crippen molar-refractivity contribution in [2.45, 2.75) is 0 Å². The zero-order valence-corrected chi connectivity index (χ0v) is 6.86. The fraction of sp³-hybridized carbons (Fsp3) is 0.111. The molecule has 12 heavy (non-hydrogen) atoms. The molecule has 3 heteroatoms. The number of azo groups is 1. The van der Waals surface area contributed by atoms with Gasteiger partial charge >= 0.3 is 0 Å². The van der Waals surface area contributed by atoms with Gasteiger partial charge in [0.1, 0.15) is 5.75 Å². The van der Waals surface area contributed by atoms with Gasteiger partial charge in [-0.1, -0.05) is 18.7 Å². The second-order valence-corrected chi connectivity index (χ2v) is 2.26. The van der Waals surface area contributed by atoms with Gasteiger partial charge in [-0.05, 0) is 12.1 Å². The number of rotatable bonds is 2. The van der Waals surface area contributed by atoms with Crippen molar-refractivity contribution in [2.24, 2.45) is 10.2 Å². The van der Waals surface area contributed by atoms with Crippen molar-refractivity contribution >= 4 is 5.70 Å². The van der Waals surface area contributed by atoms with Crippen LogP contribution in [0.2, 0.25) is 0 Å². The van der Waals surface area contributed by atoms with E-state index in [1.54, 1.807) is 25.2 Å². The number of phenols is 1. The fourth-order valence-corrected chi connectivity index (χ4v) is 0.892. The van der Waals surface area contributed by atoms with E-state index in [9.17, 15) is 5.11 Å². The summed E-state index contributed by atoms with van der Waals surface area (Å²) < 4.78 is 0. The molecule has 0 aliphatic carbocycles. The summed E-state index contributed by atoms with van der Waals surface area (Å²) in [6.07, 6.45) is 0. The molecule has 0 amide bonds. The predicted molar refractivity (Wildman–Crippen MR) is 47.9 cm³/mol. The highest BCUT2D eigenvalue weighted by atomic mass is 16.3. The Labute approximate surface area is 71.1 Å². The van der Waals surface area contributed by atoms with E-state index >= 15 is 0 Å². The molecule has 0 bridgehead atoms. The van der Waals surface area contributed by atoms with Crippen LogP contribution in [0.5, 0.6) is 5.75 Å². The topological polar surface area (TPSA) is 45.0 Å². The zero-order valence-electron chi connectivity index (χ0n) is 6.86. The lowest BCUT2D eigenvalue weighted by Crippen LogP contribution is -1.78. The molecule has 0 fully saturated rings. The van der Waals surface area contributed by atoms with E-state index in [2.05, 4.69) is 16.8 Å². The first-order valence-corrected chi connectivity index (χ1v) is 3.53. The first-order valence-electron chi connectivity index (χ1n) is 3.53. The van der Waals surface area contributed by atoms with Crippen LogP contribution in [-0.2, 0) is 0 Å². The van der Waals surface area contributed by atoms with E-state index in [1.165, 1.54) is 0 Å². The molecule has 0 atom stereocenters. The zero-order chi connectivity index (χ0) is 8.97. The highest BCUT2D eigenvalue weighted by Crippen LogP contribution is 2.23. The summed E-state index contributed by atoms with van der Waals surface area (Å²) in [5, 5.41) is 16.6. The molecule has 0 radical (unpaired) electrons. The van der Waals surface area contributed by atoms with Crippen molar-refractivity contribution in [2.75, 3.05) is 7.05 Å². The quantitative estimate of drug-likeness (QED) is 0.667. The Balaban J connectivity index is 3.03.